The fourth-order valence-electron chi connectivity index (χ4n) is 2.26. The molecule has 1 aliphatic rings. The van der Waals surface area contributed by atoms with Crippen molar-refractivity contribution >= 4 is 51.5 Å². The van der Waals surface area contributed by atoms with Crippen molar-refractivity contribution in [2.75, 3.05) is 6.54 Å². The number of guanidine groups is 1. The molecule has 2 aromatic heterocycles. The molecule has 7 heteroatoms. The van der Waals surface area contributed by atoms with Crippen LogP contribution in [-0.4, -0.2) is 21.9 Å². The molecule has 0 amide bonds. The number of fused-ring (bicyclic) bond motifs is 1. The number of hydrogen-bond acceptors (Lipinski definition) is 2. The van der Waals surface area contributed by atoms with Crippen molar-refractivity contribution in [3.63, 3.8) is 0 Å². The van der Waals surface area contributed by atoms with Crippen molar-refractivity contribution in [2.24, 2.45) is 16.6 Å². The van der Waals surface area contributed by atoms with Crippen LogP contribution >= 0.6 is 39.9 Å². The quantitative estimate of drug-likeness (QED) is 0.416. The minimum atomic E-state index is 0. The zero-order chi connectivity index (χ0) is 13.9. The van der Waals surface area contributed by atoms with Crippen molar-refractivity contribution in [3.05, 3.63) is 34.7 Å². The maximum Gasteiger partial charge on any atom is 0.188 e. The van der Waals surface area contributed by atoms with E-state index in [2.05, 4.69) is 31.2 Å². The average Bonchev–Trinajstić information content (AvgIpc) is 2.76. The van der Waals surface area contributed by atoms with Crippen LogP contribution in [-0.2, 0) is 6.54 Å². The first-order chi connectivity index (χ1) is 9.70. The molecule has 0 radical (unpaired) electrons. The van der Waals surface area contributed by atoms with Crippen LogP contribution in [0.15, 0.2) is 34.0 Å². The van der Waals surface area contributed by atoms with Crippen molar-refractivity contribution in [1.29, 1.82) is 0 Å². The third-order valence-corrected chi connectivity index (χ3v) is 4.14. The predicted molar refractivity (Wildman–Crippen MR) is 99.0 cm³/mol. The van der Waals surface area contributed by atoms with Gasteiger partial charge in [-0.1, -0.05) is 6.42 Å². The van der Waals surface area contributed by atoms with Gasteiger partial charge in [0.1, 0.15) is 5.65 Å². The Morgan fingerprint density at radius 2 is 2.24 bits per heavy atom. The number of aromatic nitrogens is 2. The van der Waals surface area contributed by atoms with Gasteiger partial charge in [-0.25, -0.2) is 9.98 Å². The summed E-state index contributed by atoms with van der Waals surface area (Å²) in [5.74, 6) is 1.28. The van der Waals surface area contributed by atoms with E-state index in [1.54, 1.807) is 0 Å². The number of halogens is 2. The van der Waals surface area contributed by atoms with Gasteiger partial charge in [0.25, 0.3) is 0 Å². The smallest absolute Gasteiger partial charge is 0.188 e. The fourth-order valence-corrected chi connectivity index (χ4v) is 2.61. The van der Waals surface area contributed by atoms with E-state index in [1.807, 2.05) is 28.9 Å². The maximum atomic E-state index is 5.86. The van der Waals surface area contributed by atoms with Gasteiger partial charge in [-0.3, -0.25) is 0 Å². The zero-order valence-corrected chi connectivity index (χ0v) is 15.5. The molecular weight excluding hydrogens is 445 g/mol. The fraction of sp³-hybridized carbons (Fsp3) is 0.429. The molecule has 5 nitrogen and oxygen atoms in total. The molecule has 2 aromatic rings. The zero-order valence-electron chi connectivity index (χ0n) is 11.6. The monoisotopic (exact) mass is 463 g/mol. The molecule has 1 aliphatic carbocycles. The van der Waals surface area contributed by atoms with Crippen LogP contribution < -0.4 is 11.1 Å². The first kappa shape index (κ1) is 16.5. The highest BCUT2D eigenvalue weighted by Crippen LogP contribution is 2.24. The molecule has 3 N–H and O–H groups in total. The SMILES string of the molecule is I.NC(=NCc1cn2cc(Br)ccc2n1)NCC1CCC1. The second kappa shape index (κ2) is 7.44. The highest BCUT2D eigenvalue weighted by atomic mass is 127. The van der Waals surface area contributed by atoms with E-state index in [9.17, 15) is 0 Å². The van der Waals surface area contributed by atoms with Crippen LogP contribution in [0.2, 0.25) is 0 Å². The molecule has 0 saturated heterocycles. The lowest BCUT2D eigenvalue weighted by Crippen LogP contribution is -2.37. The molecule has 1 saturated carbocycles. The third kappa shape index (κ3) is 4.32. The van der Waals surface area contributed by atoms with Crippen LogP contribution in [0.5, 0.6) is 0 Å². The van der Waals surface area contributed by atoms with Gasteiger partial charge in [0.05, 0.1) is 12.2 Å². The summed E-state index contributed by atoms with van der Waals surface area (Å²) < 4.78 is 3.01. The highest BCUT2D eigenvalue weighted by Gasteiger charge is 2.16. The number of nitrogens with one attached hydrogen (secondary N) is 1. The number of nitrogens with zero attached hydrogens (tertiary/aromatic N) is 3. The van der Waals surface area contributed by atoms with Gasteiger partial charge in [-0.2, -0.15) is 0 Å². The normalized spacial score (nSPS) is 15.6. The molecule has 1 fully saturated rings. The largest absolute Gasteiger partial charge is 0.370 e. The van der Waals surface area contributed by atoms with Gasteiger partial charge in [-0.05, 0) is 46.8 Å². The van der Waals surface area contributed by atoms with Crippen LogP contribution in [0, 0.1) is 5.92 Å². The lowest BCUT2D eigenvalue weighted by molar-refractivity contribution is 0.315. The van der Waals surface area contributed by atoms with E-state index < -0.39 is 0 Å². The second-order valence-corrected chi connectivity index (χ2v) is 6.14. The van der Waals surface area contributed by atoms with E-state index in [1.165, 1.54) is 19.3 Å². The number of nitrogens with two attached hydrogens (primary N) is 1. The van der Waals surface area contributed by atoms with Crippen molar-refractivity contribution in [3.8, 4) is 0 Å². The number of aliphatic imine (C=N–C) groups is 1. The third-order valence-electron chi connectivity index (χ3n) is 3.67. The predicted octanol–water partition coefficient (Wildman–Crippen LogP) is 2.92. The molecule has 0 aromatic carbocycles. The van der Waals surface area contributed by atoms with Crippen LogP contribution in [0.1, 0.15) is 25.0 Å². The molecule has 114 valence electrons. The molecule has 0 aliphatic heterocycles. The Hall–Kier alpha value is -0.830. The van der Waals surface area contributed by atoms with Gasteiger partial charge >= 0.3 is 0 Å². The average molecular weight is 464 g/mol. The Morgan fingerprint density at radius 1 is 1.43 bits per heavy atom. The first-order valence-corrected chi connectivity index (χ1v) is 7.67. The Kier molecular flexibility index (Phi) is 5.86. The Balaban J connectivity index is 0.00000161. The van der Waals surface area contributed by atoms with Crippen molar-refractivity contribution < 1.29 is 0 Å². The molecule has 0 bridgehead atoms. The van der Waals surface area contributed by atoms with Gasteiger partial charge in [0, 0.05) is 23.4 Å². The highest BCUT2D eigenvalue weighted by molar-refractivity contribution is 14.0. The maximum absolute atomic E-state index is 5.86. The number of hydrogen-bond donors (Lipinski definition) is 2. The van der Waals surface area contributed by atoms with Gasteiger partial charge in [0.15, 0.2) is 5.96 Å². The first-order valence-electron chi connectivity index (χ1n) is 6.87. The van der Waals surface area contributed by atoms with E-state index >= 15 is 0 Å². The summed E-state index contributed by atoms with van der Waals surface area (Å²) in [6.45, 7) is 1.44. The summed E-state index contributed by atoms with van der Waals surface area (Å²) in [5, 5.41) is 3.18. The summed E-state index contributed by atoms with van der Waals surface area (Å²) in [5.41, 5.74) is 7.69. The topological polar surface area (TPSA) is 67.7 Å². The molecule has 21 heavy (non-hydrogen) atoms. The standard InChI is InChI=1S/C14H18BrN5.HI/c15-11-4-5-13-19-12(9-20(13)8-11)7-18-14(16)17-6-10-2-1-3-10;/h4-5,8-10H,1-3,6-7H2,(H3,16,17,18);1H. The minimum Gasteiger partial charge on any atom is -0.370 e. The molecule has 0 atom stereocenters. The number of imidazole rings is 1. The van der Waals surface area contributed by atoms with Gasteiger partial charge in [0.2, 0.25) is 0 Å². The lowest BCUT2D eigenvalue weighted by Gasteiger charge is -2.25. The summed E-state index contributed by atoms with van der Waals surface area (Å²) in [6.07, 6.45) is 7.92. The van der Waals surface area contributed by atoms with E-state index in [0.29, 0.717) is 12.5 Å². The van der Waals surface area contributed by atoms with E-state index in [-0.39, 0.29) is 24.0 Å². The molecular formula is C14H19BrIN5. The molecule has 0 unspecified atom stereocenters. The summed E-state index contributed by atoms with van der Waals surface area (Å²) in [7, 11) is 0. The summed E-state index contributed by atoms with van der Waals surface area (Å²) >= 11 is 3.44. The number of rotatable bonds is 4. The van der Waals surface area contributed by atoms with Crippen LogP contribution in [0.4, 0.5) is 0 Å². The Bertz CT molecular complexity index is 635. The number of pyridine rings is 1. The Morgan fingerprint density at radius 3 is 2.95 bits per heavy atom. The van der Waals surface area contributed by atoms with Crippen molar-refractivity contribution in [1.82, 2.24) is 14.7 Å². The molecule has 3 rings (SSSR count). The summed E-state index contributed by atoms with van der Waals surface area (Å²) in [4.78, 5) is 8.84. The van der Waals surface area contributed by atoms with Crippen molar-refractivity contribution in [2.45, 2.75) is 25.8 Å². The lowest BCUT2D eigenvalue weighted by atomic mass is 9.85. The Labute approximate surface area is 149 Å². The summed E-state index contributed by atoms with van der Waals surface area (Å²) in [6, 6.07) is 3.94. The second-order valence-electron chi connectivity index (χ2n) is 5.22. The molecule has 2 heterocycles. The van der Waals surface area contributed by atoms with Crippen LogP contribution in [0.25, 0.3) is 5.65 Å². The minimum absolute atomic E-state index is 0. The van der Waals surface area contributed by atoms with Gasteiger partial charge in [-0.15, -0.1) is 24.0 Å². The van der Waals surface area contributed by atoms with E-state index in [4.69, 9.17) is 5.73 Å². The van der Waals surface area contributed by atoms with E-state index in [0.717, 1.165) is 28.3 Å². The molecule has 0 spiro atoms. The van der Waals surface area contributed by atoms with Crippen LogP contribution in [0.3, 0.4) is 0 Å². The van der Waals surface area contributed by atoms with Gasteiger partial charge < -0.3 is 15.5 Å².